The number of rotatable bonds is 11. The Bertz CT molecular complexity index is 1130. The van der Waals surface area contributed by atoms with Crippen LogP contribution in [0.3, 0.4) is 0 Å². The predicted octanol–water partition coefficient (Wildman–Crippen LogP) is 7.21. The van der Waals surface area contributed by atoms with Crippen LogP contribution in [-0.4, -0.2) is 74.2 Å². The van der Waals surface area contributed by atoms with E-state index in [4.69, 9.17) is 32.7 Å². The molecule has 2 heterocycles. The van der Waals surface area contributed by atoms with E-state index in [0.29, 0.717) is 42.1 Å². The maximum Gasteiger partial charge on any atom is 0.416 e. The molecule has 7 nitrogen and oxygen atoms in total. The fourth-order valence-corrected chi connectivity index (χ4v) is 5.45. The Hall–Kier alpha value is -2.48. The average Bonchev–Trinajstić information content (AvgIpc) is 2.94. The van der Waals surface area contributed by atoms with Gasteiger partial charge in [0.05, 0.1) is 28.0 Å². The highest BCUT2D eigenvalue weighted by molar-refractivity contribution is 6.43. The normalized spacial score (nSPS) is 15.5. The number of benzene rings is 2. The molecule has 0 N–H and O–H groups in total. The van der Waals surface area contributed by atoms with E-state index in [-0.39, 0.29) is 6.09 Å². The second-order valence-electron chi connectivity index (χ2n) is 10.1. The number of anilines is 1. The number of unbranched alkanes of at least 4 members (excludes halogenated alkanes) is 1. The van der Waals surface area contributed by atoms with Crippen LogP contribution < -0.4 is 9.64 Å². The third-order valence-electron chi connectivity index (χ3n) is 7.14. The molecule has 9 heteroatoms. The minimum Gasteiger partial charge on any atom is -0.494 e. The summed E-state index contributed by atoms with van der Waals surface area (Å²) >= 11 is 12.6. The Morgan fingerprint density at radius 3 is 2.51 bits per heavy atom. The molecule has 1 fully saturated rings. The molecule has 39 heavy (non-hydrogen) atoms. The Balaban J connectivity index is 1.19. The van der Waals surface area contributed by atoms with Crippen molar-refractivity contribution in [2.24, 2.45) is 4.99 Å². The summed E-state index contributed by atoms with van der Waals surface area (Å²) in [6, 6.07) is 11.9. The van der Waals surface area contributed by atoms with Crippen molar-refractivity contribution in [1.82, 2.24) is 9.80 Å². The van der Waals surface area contributed by atoms with Crippen LogP contribution in [0.2, 0.25) is 10.0 Å². The third-order valence-corrected chi connectivity index (χ3v) is 7.95. The van der Waals surface area contributed by atoms with E-state index in [1.165, 1.54) is 0 Å². The number of carbonyl (C=O) groups is 1. The second-order valence-corrected chi connectivity index (χ2v) is 10.9. The SMILES string of the molecule is CCCN(CCC)C(=O)OC1=Nc2cc(OCCCCN3CCN(c4cccc(Cl)c4Cl)CC3)ccc2CC1. The smallest absolute Gasteiger partial charge is 0.416 e. The summed E-state index contributed by atoms with van der Waals surface area (Å²) in [5.74, 6) is 1.29. The van der Waals surface area contributed by atoms with E-state index >= 15 is 0 Å². The minimum atomic E-state index is -0.303. The van der Waals surface area contributed by atoms with Gasteiger partial charge in [-0.05, 0) is 62.4 Å². The van der Waals surface area contributed by atoms with Gasteiger partial charge in [0.1, 0.15) is 5.75 Å². The zero-order chi connectivity index (χ0) is 27.6. The lowest BCUT2D eigenvalue weighted by Gasteiger charge is -2.36. The minimum absolute atomic E-state index is 0.303. The third kappa shape index (κ3) is 8.26. The van der Waals surface area contributed by atoms with Crippen LogP contribution in [0.1, 0.15) is 51.5 Å². The number of halogens is 2. The highest BCUT2D eigenvalue weighted by Crippen LogP contribution is 2.33. The number of nitrogens with zero attached hydrogens (tertiary/aromatic N) is 4. The number of carbonyl (C=O) groups excluding carboxylic acids is 1. The van der Waals surface area contributed by atoms with Crippen molar-refractivity contribution in [2.75, 3.05) is 57.3 Å². The van der Waals surface area contributed by atoms with Crippen molar-refractivity contribution >= 4 is 46.6 Å². The summed E-state index contributed by atoms with van der Waals surface area (Å²) in [7, 11) is 0. The molecule has 4 rings (SSSR count). The molecule has 2 aromatic carbocycles. The van der Waals surface area contributed by atoms with Crippen molar-refractivity contribution < 1.29 is 14.3 Å². The standard InChI is InChI=1S/C30H40Cl2N4O3/c1-3-14-36(15-4-2)30(37)39-28-13-11-23-10-12-24(22-26(23)33-28)38-21-6-5-16-34-17-19-35(20-18-34)27-9-7-8-25(31)29(27)32/h7-10,12,22H,3-6,11,13-21H2,1-2H3. The molecule has 212 valence electrons. The van der Waals surface area contributed by atoms with Gasteiger partial charge in [-0.25, -0.2) is 9.79 Å². The molecule has 0 atom stereocenters. The summed E-state index contributed by atoms with van der Waals surface area (Å²) in [5.41, 5.74) is 3.00. The Morgan fingerprint density at radius 2 is 1.77 bits per heavy atom. The molecule has 1 saturated heterocycles. The molecular formula is C30H40Cl2N4O3. The molecule has 0 aromatic heterocycles. The fraction of sp³-hybridized carbons (Fsp3) is 0.533. The van der Waals surface area contributed by atoms with Crippen LogP contribution in [0.25, 0.3) is 0 Å². The largest absolute Gasteiger partial charge is 0.494 e. The highest BCUT2D eigenvalue weighted by Gasteiger charge is 2.21. The Kier molecular flexibility index (Phi) is 11.2. The zero-order valence-corrected chi connectivity index (χ0v) is 24.6. The van der Waals surface area contributed by atoms with Gasteiger partial charge in [-0.3, -0.25) is 4.90 Å². The topological polar surface area (TPSA) is 57.6 Å². The van der Waals surface area contributed by atoms with Gasteiger partial charge in [0, 0.05) is 51.8 Å². The van der Waals surface area contributed by atoms with E-state index in [9.17, 15) is 4.79 Å². The molecular weight excluding hydrogens is 535 g/mol. The maximum absolute atomic E-state index is 12.6. The van der Waals surface area contributed by atoms with Crippen LogP contribution in [0, 0.1) is 0 Å². The van der Waals surface area contributed by atoms with Crippen LogP contribution in [0.15, 0.2) is 41.4 Å². The van der Waals surface area contributed by atoms with Crippen molar-refractivity contribution in [3.8, 4) is 5.75 Å². The summed E-state index contributed by atoms with van der Waals surface area (Å²) in [6.07, 6.45) is 5.00. The van der Waals surface area contributed by atoms with Gasteiger partial charge in [-0.15, -0.1) is 0 Å². The van der Waals surface area contributed by atoms with Crippen LogP contribution in [0.4, 0.5) is 16.2 Å². The monoisotopic (exact) mass is 574 g/mol. The number of aliphatic imine (C=N–C) groups is 1. The fourth-order valence-electron chi connectivity index (χ4n) is 5.03. The number of piperazine rings is 1. The predicted molar refractivity (Wildman–Crippen MR) is 160 cm³/mol. The van der Waals surface area contributed by atoms with Gasteiger partial charge in [0.25, 0.3) is 0 Å². The first-order valence-electron chi connectivity index (χ1n) is 14.2. The average molecular weight is 576 g/mol. The lowest BCUT2D eigenvalue weighted by molar-refractivity contribution is 0.147. The first kappa shape index (κ1) is 29.5. The van der Waals surface area contributed by atoms with Gasteiger partial charge in [-0.2, -0.15) is 0 Å². The van der Waals surface area contributed by atoms with Gasteiger partial charge in [0.15, 0.2) is 0 Å². The highest BCUT2D eigenvalue weighted by atomic mass is 35.5. The Morgan fingerprint density at radius 1 is 1.00 bits per heavy atom. The summed E-state index contributed by atoms with van der Waals surface area (Å²) < 4.78 is 11.7. The zero-order valence-electron chi connectivity index (χ0n) is 23.1. The number of hydrogen-bond donors (Lipinski definition) is 0. The number of ether oxygens (including phenoxy) is 2. The van der Waals surface area contributed by atoms with E-state index in [1.54, 1.807) is 4.90 Å². The molecule has 0 radical (unpaired) electrons. The molecule has 0 saturated carbocycles. The van der Waals surface area contributed by atoms with E-state index in [0.717, 1.165) is 87.5 Å². The summed E-state index contributed by atoms with van der Waals surface area (Å²) in [4.78, 5) is 23.8. The number of aryl methyl sites for hydroxylation is 1. The quantitative estimate of drug-likeness (QED) is 0.265. The summed E-state index contributed by atoms with van der Waals surface area (Å²) in [6.45, 7) is 11.1. The van der Waals surface area contributed by atoms with Crippen LogP contribution in [0.5, 0.6) is 5.75 Å². The van der Waals surface area contributed by atoms with Crippen molar-refractivity contribution in [1.29, 1.82) is 0 Å². The van der Waals surface area contributed by atoms with Crippen LogP contribution in [-0.2, 0) is 11.2 Å². The molecule has 0 spiro atoms. The Labute approximate surface area is 242 Å². The lowest BCUT2D eigenvalue weighted by atomic mass is 10.0. The van der Waals surface area contributed by atoms with Crippen LogP contribution >= 0.6 is 23.2 Å². The molecule has 0 aliphatic carbocycles. The van der Waals surface area contributed by atoms with E-state index < -0.39 is 0 Å². The number of hydrogen-bond acceptors (Lipinski definition) is 6. The van der Waals surface area contributed by atoms with Gasteiger partial charge < -0.3 is 19.3 Å². The second kappa shape index (κ2) is 14.8. The first-order chi connectivity index (χ1) is 19.0. The summed E-state index contributed by atoms with van der Waals surface area (Å²) in [5, 5.41) is 1.24. The van der Waals surface area contributed by atoms with Gasteiger partial charge >= 0.3 is 6.09 Å². The first-order valence-corrected chi connectivity index (χ1v) is 15.0. The van der Waals surface area contributed by atoms with E-state index in [2.05, 4.69) is 34.7 Å². The van der Waals surface area contributed by atoms with Crippen molar-refractivity contribution in [3.63, 3.8) is 0 Å². The molecule has 2 aliphatic heterocycles. The molecule has 0 unspecified atom stereocenters. The van der Waals surface area contributed by atoms with Crippen molar-refractivity contribution in [3.05, 3.63) is 52.0 Å². The van der Waals surface area contributed by atoms with Gasteiger partial charge in [-0.1, -0.05) is 49.2 Å². The lowest BCUT2D eigenvalue weighted by Crippen LogP contribution is -2.46. The molecule has 2 aliphatic rings. The number of amides is 1. The molecule has 0 bridgehead atoms. The molecule has 2 aromatic rings. The van der Waals surface area contributed by atoms with Crippen molar-refractivity contribution in [2.45, 2.75) is 52.4 Å². The van der Waals surface area contributed by atoms with E-state index in [1.807, 2.05) is 30.3 Å². The molecule has 1 amide bonds. The maximum atomic E-state index is 12.6. The van der Waals surface area contributed by atoms with Gasteiger partial charge in [0.2, 0.25) is 5.90 Å². The number of fused-ring (bicyclic) bond motifs is 1.